The predicted octanol–water partition coefficient (Wildman–Crippen LogP) is 4.05. The number of rotatable bonds is 6. The van der Waals surface area contributed by atoms with Crippen molar-refractivity contribution in [1.82, 2.24) is 9.55 Å². The van der Waals surface area contributed by atoms with Gasteiger partial charge in [0, 0.05) is 11.1 Å². The third kappa shape index (κ3) is 5.02. The summed E-state index contributed by atoms with van der Waals surface area (Å²) in [6.07, 6.45) is 0. The monoisotopic (exact) mass is 492 g/mol. The summed E-state index contributed by atoms with van der Waals surface area (Å²) >= 11 is 5.75. The van der Waals surface area contributed by atoms with Crippen molar-refractivity contribution < 1.29 is 19.2 Å². The highest BCUT2D eigenvalue weighted by Gasteiger charge is 2.18. The van der Waals surface area contributed by atoms with Crippen LogP contribution in [-0.4, -0.2) is 33.0 Å². The van der Waals surface area contributed by atoms with Crippen LogP contribution in [0.1, 0.15) is 16.2 Å². The molecule has 0 saturated heterocycles. The predicted molar refractivity (Wildman–Crippen MR) is 129 cm³/mol. The van der Waals surface area contributed by atoms with E-state index in [0.717, 1.165) is 6.07 Å². The lowest BCUT2D eigenvalue weighted by molar-refractivity contribution is -0.383. The smallest absolute Gasteiger partial charge is 0.338 e. The molecule has 1 aromatic heterocycles. The number of ether oxygens (including phenoxy) is 1. The molecule has 0 atom stereocenters. The van der Waals surface area contributed by atoms with Crippen LogP contribution in [0.3, 0.4) is 0 Å². The van der Waals surface area contributed by atoms with Crippen LogP contribution in [0.25, 0.3) is 16.6 Å². The van der Waals surface area contributed by atoms with E-state index in [1.165, 1.54) is 28.8 Å². The van der Waals surface area contributed by atoms with Gasteiger partial charge in [-0.1, -0.05) is 23.7 Å². The number of carbonyl (C=O) groups is 2. The molecule has 0 bridgehead atoms. The lowest BCUT2D eigenvalue weighted by atomic mass is 10.2. The van der Waals surface area contributed by atoms with E-state index in [9.17, 15) is 24.5 Å². The maximum Gasteiger partial charge on any atom is 0.338 e. The number of fused-ring (bicyclic) bond motifs is 1. The van der Waals surface area contributed by atoms with E-state index < -0.39 is 23.4 Å². The summed E-state index contributed by atoms with van der Waals surface area (Å²) in [5.74, 6) is -1.06. The molecule has 0 unspecified atom stereocenters. The zero-order valence-electron chi connectivity index (χ0n) is 18.2. The number of benzene rings is 3. The van der Waals surface area contributed by atoms with Gasteiger partial charge in [-0.3, -0.25) is 24.3 Å². The van der Waals surface area contributed by atoms with Crippen molar-refractivity contribution in [3.05, 3.63) is 104 Å². The topological polar surface area (TPSA) is 133 Å². The number of nitrogens with one attached hydrogen (secondary N) is 1. The number of nitro groups is 1. The van der Waals surface area contributed by atoms with Crippen molar-refractivity contribution in [2.75, 3.05) is 11.9 Å². The highest BCUT2D eigenvalue weighted by Crippen LogP contribution is 2.27. The number of nitro benzene ring substituents is 1. The molecule has 0 saturated carbocycles. The van der Waals surface area contributed by atoms with Crippen LogP contribution in [0.15, 0.2) is 71.5 Å². The lowest BCUT2D eigenvalue weighted by Gasteiger charge is -2.11. The van der Waals surface area contributed by atoms with E-state index in [1.54, 1.807) is 43.3 Å². The molecule has 0 radical (unpaired) electrons. The minimum absolute atomic E-state index is 0.0744. The maximum atomic E-state index is 12.9. The van der Waals surface area contributed by atoms with Crippen LogP contribution in [-0.2, 0) is 9.53 Å². The number of anilines is 1. The molecular weight excluding hydrogens is 476 g/mol. The third-order valence-corrected chi connectivity index (χ3v) is 5.30. The standard InChI is InChI=1S/C24H17ClN4O6/c1-14-26-19-5-3-2-4-18(19)23(31)28(14)17-9-6-15(7-10-17)24(32)35-13-22(30)27-20-11-8-16(25)12-21(20)29(33)34/h2-12H,13H2,1H3,(H,27,30). The van der Waals surface area contributed by atoms with Crippen molar-refractivity contribution in [1.29, 1.82) is 0 Å². The first-order chi connectivity index (χ1) is 16.7. The van der Waals surface area contributed by atoms with Crippen LogP contribution < -0.4 is 10.9 Å². The lowest BCUT2D eigenvalue weighted by Crippen LogP contribution is -2.22. The molecule has 0 aliphatic heterocycles. The van der Waals surface area contributed by atoms with Gasteiger partial charge in [-0.2, -0.15) is 0 Å². The van der Waals surface area contributed by atoms with Crippen molar-refractivity contribution in [3.8, 4) is 5.69 Å². The van der Waals surface area contributed by atoms with Crippen LogP contribution in [0.2, 0.25) is 5.02 Å². The van der Waals surface area contributed by atoms with Crippen LogP contribution >= 0.6 is 11.6 Å². The molecule has 10 nitrogen and oxygen atoms in total. The second kappa shape index (κ2) is 9.74. The van der Waals surface area contributed by atoms with Gasteiger partial charge in [0.05, 0.1) is 27.1 Å². The van der Waals surface area contributed by atoms with Gasteiger partial charge in [0.2, 0.25) is 0 Å². The number of nitrogens with zero attached hydrogens (tertiary/aromatic N) is 3. The molecule has 0 fully saturated rings. The molecule has 1 amide bonds. The summed E-state index contributed by atoms with van der Waals surface area (Å²) in [5, 5.41) is 14.1. The van der Waals surface area contributed by atoms with Gasteiger partial charge < -0.3 is 10.1 Å². The number of esters is 1. The fraction of sp³-hybridized carbons (Fsp3) is 0.0833. The molecule has 4 aromatic rings. The van der Waals surface area contributed by atoms with Gasteiger partial charge in [0.25, 0.3) is 17.2 Å². The Labute approximate surface area is 202 Å². The molecule has 11 heteroatoms. The molecular formula is C24H17ClN4O6. The maximum absolute atomic E-state index is 12.9. The highest BCUT2D eigenvalue weighted by atomic mass is 35.5. The Bertz CT molecular complexity index is 1530. The summed E-state index contributed by atoms with van der Waals surface area (Å²) in [7, 11) is 0. The Morgan fingerprint density at radius 1 is 1.11 bits per heavy atom. The summed E-state index contributed by atoms with van der Waals surface area (Å²) < 4.78 is 6.44. The van der Waals surface area contributed by atoms with Gasteiger partial charge in [-0.15, -0.1) is 0 Å². The first-order valence-corrected chi connectivity index (χ1v) is 10.6. The summed E-state index contributed by atoms with van der Waals surface area (Å²) in [4.78, 5) is 52.3. The first-order valence-electron chi connectivity index (χ1n) is 10.2. The number of carbonyl (C=O) groups excluding carboxylic acids is 2. The number of aromatic nitrogens is 2. The Hall–Kier alpha value is -4.57. The Kier molecular flexibility index (Phi) is 6.56. The number of para-hydroxylation sites is 1. The van der Waals surface area contributed by atoms with Crippen LogP contribution in [0.5, 0.6) is 0 Å². The van der Waals surface area contributed by atoms with Gasteiger partial charge in [-0.05, 0) is 55.5 Å². The molecule has 1 N–H and O–H groups in total. The van der Waals surface area contributed by atoms with Crippen LogP contribution in [0, 0.1) is 17.0 Å². The van der Waals surface area contributed by atoms with Gasteiger partial charge >= 0.3 is 5.97 Å². The molecule has 0 aliphatic carbocycles. The van der Waals surface area contributed by atoms with Crippen molar-refractivity contribution >= 4 is 45.8 Å². The molecule has 1 heterocycles. The quantitative estimate of drug-likeness (QED) is 0.244. The first kappa shape index (κ1) is 23.6. The Balaban J connectivity index is 1.45. The van der Waals surface area contributed by atoms with E-state index in [0.29, 0.717) is 22.4 Å². The minimum atomic E-state index is -0.780. The molecule has 176 valence electrons. The number of aryl methyl sites for hydroxylation is 1. The van der Waals surface area contributed by atoms with Crippen LogP contribution in [0.4, 0.5) is 11.4 Å². The zero-order chi connectivity index (χ0) is 25.1. The summed E-state index contributed by atoms with van der Waals surface area (Å²) in [6, 6.07) is 16.8. The number of hydrogen-bond acceptors (Lipinski definition) is 7. The summed E-state index contributed by atoms with van der Waals surface area (Å²) in [6.45, 7) is 1.05. The zero-order valence-corrected chi connectivity index (χ0v) is 19.0. The largest absolute Gasteiger partial charge is 0.452 e. The molecule has 0 aliphatic rings. The third-order valence-electron chi connectivity index (χ3n) is 5.07. The molecule has 0 spiro atoms. The van der Waals surface area contributed by atoms with Gasteiger partial charge in [0.1, 0.15) is 11.5 Å². The highest BCUT2D eigenvalue weighted by molar-refractivity contribution is 6.31. The van der Waals surface area contributed by atoms with E-state index in [1.807, 2.05) is 0 Å². The fourth-order valence-electron chi connectivity index (χ4n) is 3.46. The van der Waals surface area contributed by atoms with Gasteiger partial charge in [0.15, 0.2) is 6.61 Å². The van der Waals surface area contributed by atoms with Crippen molar-refractivity contribution in [3.63, 3.8) is 0 Å². The summed E-state index contributed by atoms with van der Waals surface area (Å²) in [5.41, 5.74) is 0.551. The number of amides is 1. The van der Waals surface area contributed by atoms with Crippen molar-refractivity contribution in [2.24, 2.45) is 0 Å². The van der Waals surface area contributed by atoms with E-state index in [-0.39, 0.29) is 27.5 Å². The Morgan fingerprint density at radius 2 is 1.83 bits per heavy atom. The normalized spacial score (nSPS) is 10.7. The van der Waals surface area contributed by atoms with E-state index >= 15 is 0 Å². The second-order valence-electron chi connectivity index (χ2n) is 7.41. The van der Waals surface area contributed by atoms with Crippen molar-refractivity contribution in [2.45, 2.75) is 6.92 Å². The van der Waals surface area contributed by atoms with E-state index in [2.05, 4.69) is 10.3 Å². The average molecular weight is 493 g/mol. The van der Waals surface area contributed by atoms with E-state index in [4.69, 9.17) is 16.3 Å². The van der Waals surface area contributed by atoms with Gasteiger partial charge in [-0.25, -0.2) is 9.78 Å². The molecule has 3 aromatic carbocycles. The minimum Gasteiger partial charge on any atom is -0.452 e. The number of hydrogen-bond donors (Lipinski definition) is 1. The fourth-order valence-corrected chi connectivity index (χ4v) is 3.62. The number of halogens is 1. The average Bonchev–Trinajstić information content (AvgIpc) is 2.84. The molecule has 35 heavy (non-hydrogen) atoms. The Morgan fingerprint density at radius 3 is 2.54 bits per heavy atom. The second-order valence-corrected chi connectivity index (χ2v) is 7.84. The SMILES string of the molecule is Cc1nc2ccccc2c(=O)n1-c1ccc(C(=O)OCC(=O)Nc2ccc(Cl)cc2[N+](=O)[O-])cc1. The molecule has 4 rings (SSSR count).